The second-order valence-electron chi connectivity index (χ2n) is 4.26. The molecule has 2 N–H and O–H groups in total. The summed E-state index contributed by atoms with van der Waals surface area (Å²) in [6.07, 6.45) is 0. The van der Waals surface area contributed by atoms with Crippen LogP contribution in [-0.2, 0) is 16.6 Å². The number of hydrogen-bond donors (Lipinski definition) is 1. The van der Waals surface area contributed by atoms with Crippen LogP contribution in [0, 0.1) is 0 Å². The number of benzene rings is 1. The Labute approximate surface area is 128 Å². The highest BCUT2D eigenvalue weighted by Crippen LogP contribution is 2.34. The molecule has 5 nitrogen and oxygen atoms in total. The summed E-state index contributed by atoms with van der Waals surface area (Å²) in [5.41, 5.74) is 6.12. The number of carbonyl (C=O) groups is 1. The number of amides is 1. The smallest absolute Gasteiger partial charge is 0.269 e. The van der Waals surface area contributed by atoms with Crippen molar-refractivity contribution >= 4 is 48.9 Å². The van der Waals surface area contributed by atoms with Crippen LogP contribution >= 0.6 is 27.3 Å². The first kappa shape index (κ1) is 13.6. The van der Waals surface area contributed by atoms with Gasteiger partial charge in [-0.05, 0) is 45.6 Å². The van der Waals surface area contributed by atoms with Gasteiger partial charge >= 0.3 is 0 Å². The van der Waals surface area contributed by atoms with E-state index in [0.29, 0.717) is 5.69 Å². The minimum absolute atomic E-state index is 0.0179. The molecule has 0 radical (unpaired) electrons. The molecule has 1 aliphatic heterocycles. The number of thiophene rings is 1. The lowest BCUT2D eigenvalue weighted by molar-refractivity contribution is 0.0865. The van der Waals surface area contributed by atoms with E-state index in [2.05, 4.69) is 15.9 Å². The molecule has 3 rings (SSSR count). The second-order valence-corrected chi connectivity index (χ2v) is 7.95. The van der Waals surface area contributed by atoms with E-state index in [1.807, 2.05) is 11.4 Å². The first-order chi connectivity index (χ1) is 9.41. The number of sulfonamides is 1. The molecule has 1 aromatic carbocycles. The minimum atomic E-state index is -3.79. The largest absolute Gasteiger partial charge is 0.399 e. The number of nitrogens with two attached hydrogens (primary N) is 1. The Morgan fingerprint density at radius 1 is 1.30 bits per heavy atom. The Morgan fingerprint density at radius 3 is 2.70 bits per heavy atom. The van der Waals surface area contributed by atoms with E-state index >= 15 is 0 Å². The molecule has 1 aromatic heterocycles. The van der Waals surface area contributed by atoms with E-state index in [-0.39, 0.29) is 17.0 Å². The van der Waals surface area contributed by atoms with Gasteiger partial charge in [0.15, 0.2) is 0 Å². The molecule has 2 aromatic rings. The third-order valence-corrected chi connectivity index (χ3v) is 6.70. The fourth-order valence-corrected chi connectivity index (χ4v) is 5.09. The minimum Gasteiger partial charge on any atom is -0.399 e. The molecule has 20 heavy (non-hydrogen) atoms. The highest BCUT2D eigenvalue weighted by Gasteiger charge is 2.41. The van der Waals surface area contributed by atoms with Crippen molar-refractivity contribution in [2.45, 2.75) is 11.4 Å². The molecule has 1 aliphatic rings. The lowest BCUT2D eigenvalue weighted by atomic mass is 10.2. The van der Waals surface area contributed by atoms with E-state index < -0.39 is 15.9 Å². The van der Waals surface area contributed by atoms with E-state index in [1.54, 1.807) is 0 Å². The monoisotopic (exact) mass is 372 g/mol. The van der Waals surface area contributed by atoms with Crippen LogP contribution in [0.5, 0.6) is 0 Å². The van der Waals surface area contributed by atoms with Gasteiger partial charge in [-0.2, -0.15) is 0 Å². The SMILES string of the molecule is Nc1ccc2c(c1)C(=O)N(Cc1sccc1Br)S2(=O)=O. The predicted molar refractivity (Wildman–Crippen MR) is 79.9 cm³/mol. The van der Waals surface area contributed by atoms with Crippen molar-refractivity contribution in [2.24, 2.45) is 0 Å². The summed E-state index contributed by atoms with van der Waals surface area (Å²) in [5.74, 6) is -0.535. The number of nitrogen functional groups attached to an aromatic ring is 1. The van der Waals surface area contributed by atoms with Gasteiger partial charge in [0.1, 0.15) is 4.90 Å². The maximum Gasteiger partial charge on any atom is 0.269 e. The van der Waals surface area contributed by atoms with Gasteiger partial charge in [-0.1, -0.05) is 0 Å². The normalized spacial score (nSPS) is 16.4. The fourth-order valence-electron chi connectivity index (χ4n) is 2.03. The average Bonchev–Trinajstić information content (AvgIpc) is 2.86. The lowest BCUT2D eigenvalue weighted by Crippen LogP contribution is -2.29. The number of rotatable bonds is 2. The summed E-state index contributed by atoms with van der Waals surface area (Å²) in [6, 6.07) is 6.08. The number of anilines is 1. The molecule has 1 amide bonds. The van der Waals surface area contributed by atoms with Crippen LogP contribution in [0.3, 0.4) is 0 Å². The Balaban J connectivity index is 2.07. The summed E-state index contributed by atoms with van der Waals surface area (Å²) >= 11 is 4.73. The van der Waals surface area contributed by atoms with Crippen LogP contribution in [0.25, 0.3) is 0 Å². The number of hydrogen-bond acceptors (Lipinski definition) is 5. The van der Waals surface area contributed by atoms with Gasteiger partial charge in [0.25, 0.3) is 15.9 Å². The first-order valence-electron chi connectivity index (χ1n) is 5.60. The first-order valence-corrected chi connectivity index (χ1v) is 8.71. The molecule has 0 spiro atoms. The topological polar surface area (TPSA) is 80.5 Å². The number of fused-ring (bicyclic) bond motifs is 1. The Hall–Kier alpha value is -1.38. The average molecular weight is 373 g/mol. The van der Waals surface area contributed by atoms with Gasteiger partial charge in [-0.3, -0.25) is 4.79 Å². The molecular formula is C12H9BrN2O3S2. The number of carbonyl (C=O) groups excluding carboxylic acids is 1. The molecule has 2 heterocycles. The maximum absolute atomic E-state index is 12.4. The fraction of sp³-hybridized carbons (Fsp3) is 0.0833. The van der Waals surface area contributed by atoms with Gasteiger partial charge < -0.3 is 5.73 Å². The molecule has 0 fully saturated rings. The quantitative estimate of drug-likeness (QED) is 0.820. The van der Waals surface area contributed by atoms with Crippen LogP contribution in [0.4, 0.5) is 5.69 Å². The Morgan fingerprint density at radius 2 is 2.05 bits per heavy atom. The molecule has 0 saturated heterocycles. The zero-order valence-corrected chi connectivity index (χ0v) is 13.3. The Bertz CT molecular complexity index is 814. The van der Waals surface area contributed by atoms with E-state index in [9.17, 15) is 13.2 Å². The predicted octanol–water partition coefficient (Wildman–Crippen LogP) is 2.44. The van der Waals surface area contributed by atoms with Crippen LogP contribution in [0.1, 0.15) is 15.2 Å². The van der Waals surface area contributed by atoms with E-state index in [0.717, 1.165) is 13.7 Å². The maximum atomic E-state index is 12.4. The highest BCUT2D eigenvalue weighted by atomic mass is 79.9. The number of halogens is 1. The highest BCUT2D eigenvalue weighted by molar-refractivity contribution is 9.10. The summed E-state index contributed by atoms with van der Waals surface area (Å²) in [7, 11) is -3.79. The molecule has 0 saturated carbocycles. The molecule has 104 valence electrons. The van der Waals surface area contributed by atoms with Gasteiger partial charge in [0.05, 0.1) is 12.1 Å². The van der Waals surface area contributed by atoms with Gasteiger partial charge in [0, 0.05) is 15.0 Å². The third-order valence-electron chi connectivity index (χ3n) is 3.01. The lowest BCUT2D eigenvalue weighted by Gasteiger charge is -2.14. The van der Waals surface area contributed by atoms with Crippen molar-refractivity contribution in [2.75, 3.05) is 5.73 Å². The summed E-state index contributed by atoms with van der Waals surface area (Å²) < 4.78 is 26.5. The summed E-state index contributed by atoms with van der Waals surface area (Å²) in [5, 5.41) is 1.83. The van der Waals surface area contributed by atoms with Gasteiger partial charge in [0.2, 0.25) is 0 Å². The summed E-state index contributed by atoms with van der Waals surface area (Å²) in [4.78, 5) is 13.1. The van der Waals surface area contributed by atoms with Crippen molar-refractivity contribution in [3.05, 3.63) is 44.6 Å². The molecule has 0 atom stereocenters. The van der Waals surface area contributed by atoms with Crippen LogP contribution in [-0.4, -0.2) is 18.6 Å². The molecule has 0 bridgehead atoms. The van der Waals surface area contributed by atoms with Gasteiger partial charge in [-0.25, -0.2) is 12.7 Å². The van der Waals surface area contributed by atoms with Crippen LogP contribution in [0.2, 0.25) is 0 Å². The van der Waals surface area contributed by atoms with E-state index in [4.69, 9.17) is 5.73 Å². The molecule has 0 unspecified atom stereocenters. The zero-order chi connectivity index (χ0) is 14.5. The Kier molecular flexibility index (Phi) is 3.11. The van der Waals surface area contributed by atoms with Crippen LogP contribution < -0.4 is 5.73 Å². The van der Waals surface area contributed by atoms with Crippen molar-refractivity contribution in [1.29, 1.82) is 0 Å². The van der Waals surface area contributed by atoms with E-state index in [1.165, 1.54) is 29.5 Å². The molecule has 8 heteroatoms. The van der Waals surface area contributed by atoms with Crippen molar-refractivity contribution in [1.82, 2.24) is 4.31 Å². The standard InChI is InChI=1S/C12H9BrN2O3S2/c13-9-3-4-19-10(9)6-15-12(16)8-5-7(14)1-2-11(8)20(15,17)18/h1-5H,6,14H2. The number of nitrogens with zero attached hydrogens (tertiary/aromatic N) is 1. The van der Waals surface area contributed by atoms with Crippen molar-refractivity contribution in [3.63, 3.8) is 0 Å². The molecule has 0 aliphatic carbocycles. The zero-order valence-electron chi connectivity index (χ0n) is 10.0. The van der Waals surface area contributed by atoms with Crippen molar-refractivity contribution < 1.29 is 13.2 Å². The molecular weight excluding hydrogens is 364 g/mol. The van der Waals surface area contributed by atoms with Gasteiger partial charge in [-0.15, -0.1) is 11.3 Å². The third kappa shape index (κ3) is 1.95. The summed E-state index contributed by atoms with van der Waals surface area (Å²) in [6.45, 7) is 0.0218. The van der Waals surface area contributed by atoms with Crippen molar-refractivity contribution in [3.8, 4) is 0 Å². The van der Waals surface area contributed by atoms with Crippen LogP contribution in [0.15, 0.2) is 39.0 Å². The second kappa shape index (κ2) is 4.57.